The Labute approximate surface area is 83.8 Å². The first-order valence-electron chi connectivity index (χ1n) is 4.85. The molecule has 0 radical (unpaired) electrons. The van der Waals surface area contributed by atoms with E-state index in [1.165, 1.54) is 12.8 Å². The Balaban J connectivity index is 2.39. The van der Waals surface area contributed by atoms with Gasteiger partial charge in [0.25, 0.3) is 0 Å². The molecular weight excluding hydrogens is 174 g/mol. The first-order chi connectivity index (χ1) is 6.70. The first kappa shape index (κ1) is 9.01. The standard InChI is InChI=1S/C11H13N3/c1-7-5-8(2)13-11(10(7)6-12)14-9-3-4-9/h5,9H,3-4H2,1-2H3,(H,13,14). The number of pyridine rings is 1. The SMILES string of the molecule is Cc1cc(C)c(C#N)c(NC2CC2)n1. The molecule has 1 saturated carbocycles. The Kier molecular flexibility index (Phi) is 2.12. The van der Waals surface area contributed by atoms with Crippen LogP contribution >= 0.6 is 0 Å². The highest BCUT2D eigenvalue weighted by atomic mass is 15.0. The fourth-order valence-corrected chi connectivity index (χ4v) is 1.50. The van der Waals surface area contributed by atoms with Crippen LogP contribution in [-0.4, -0.2) is 11.0 Å². The highest BCUT2D eigenvalue weighted by molar-refractivity contribution is 5.57. The second kappa shape index (κ2) is 3.30. The van der Waals surface area contributed by atoms with Crippen LogP contribution in [0.3, 0.4) is 0 Å². The Morgan fingerprint density at radius 1 is 1.50 bits per heavy atom. The molecule has 0 amide bonds. The zero-order chi connectivity index (χ0) is 10.1. The number of hydrogen-bond acceptors (Lipinski definition) is 3. The summed E-state index contributed by atoms with van der Waals surface area (Å²) < 4.78 is 0. The fraction of sp³-hybridized carbons (Fsp3) is 0.455. The molecule has 2 rings (SSSR count). The van der Waals surface area contributed by atoms with Crippen molar-refractivity contribution in [1.29, 1.82) is 5.26 Å². The molecule has 0 aromatic carbocycles. The van der Waals surface area contributed by atoms with E-state index >= 15 is 0 Å². The van der Waals surface area contributed by atoms with Gasteiger partial charge in [0, 0.05) is 11.7 Å². The van der Waals surface area contributed by atoms with Crippen LogP contribution in [0.25, 0.3) is 0 Å². The fourth-order valence-electron chi connectivity index (χ4n) is 1.50. The average molecular weight is 187 g/mol. The van der Waals surface area contributed by atoms with E-state index in [0.717, 1.165) is 17.1 Å². The molecule has 0 atom stereocenters. The van der Waals surface area contributed by atoms with Crippen LogP contribution in [0.4, 0.5) is 5.82 Å². The monoisotopic (exact) mass is 187 g/mol. The van der Waals surface area contributed by atoms with E-state index < -0.39 is 0 Å². The van der Waals surface area contributed by atoms with Crippen LogP contribution in [0.2, 0.25) is 0 Å². The minimum atomic E-state index is 0.538. The summed E-state index contributed by atoms with van der Waals surface area (Å²) in [5.74, 6) is 0.757. The molecular formula is C11H13N3. The van der Waals surface area contributed by atoms with Gasteiger partial charge in [-0.15, -0.1) is 0 Å². The quantitative estimate of drug-likeness (QED) is 0.771. The average Bonchev–Trinajstić information content (AvgIpc) is 2.87. The first-order valence-corrected chi connectivity index (χ1v) is 4.85. The molecule has 14 heavy (non-hydrogen) atoms. The summed E-state index contributed by atoms with van der Waals surface area (Å²) >= 11 is 0. The largest absolute Gasteiger partial charge is 0.366 e. The predicted molar refractivity (Wildman–Crippen MR) is 55.1 cm³/mol. The summed E-state index contributed by atoms with van der Waals surface area (Å²) in [5.41, 5.74) is 2.65. The smallest absolute Gasteiger partial charge is 0.144 e. The number of aromatic nitrogens is 1. The molecule has 1 aliphatic carbocycles. The lowest BCUT2D eigenvalue weighted by molar-refractivity contribution is 1.07. The van der Waals surface area contributed by atoms with E-state index in [1.54, 1.807) is 0 Å². The second-order valence-electron chi connectivity index (χ2n) is 3.83. The summed E-state index contributed by atoms with van der Waals surface area (Å²) in [6.45, 7) is 3.90. The second-order valence-corrected chi connectivity index (χ2v) is 3.83. The molecule has 0 aliphatic heterocycles. The number of nitriles is 1. The summed E-state index contributed by atoms with van der Waals surface area (Å²) in [6, 6.07) is 4.68. The molecule has 0 bridgehead atoms. The molecule has 0 saturated heterocycles. The summed E-state index contributed by atoms with van der Waals surface area (Å²) in [7, 11) is 0. The molecule has 3 heteroatoms. The number of nitrogens with one attached hydrogen (secondary N) is 1. The van der Waals surface area contributed by atoms with E-state index in [0.29, 0.717) is 11.6 Å². The normalized spacial score (nSPS) is 14.9. The number of anilines is 1. The van der Waals surface area contributed by atoms with Crippen molar-refractivity contribution in [3.8, 4) is 6.07 Å². The topological polar surface area (TPSA) is 48.7 Å². The molecule has 1 aliphatic rings. The van der Waals surface area contributed by atoms with Crippen LogP contribution in [0, 0.1) is 25.2 Å². The van der Waals surface area contributed by atoms with Crippen molar-refractivity contribution < 1.29 is 0 Å². The van der Waals surface area contributed by atoms with Gasteiger partial charge in [-0.3, -0.25) is 0 Å². The molecule has 0 unspecified atom stereocenters. The Morgan fingerprint density at radius 2 is 2.21 bits per heavy atom. The van der Waals surface area contributed by atoms with Crippen molar-refractivity contribution in [3.05, 3.63) is 22.9 Å². The van der Waals surface area contributed by atoms with Crippen molar-refractivity contribution in [2.45, 2.75) is 32.7 Å². The van der Waals surface area contributed by atoms with E-state index in [9.17, 15) is 0 Å². The van der Waals surface area contributed by atoms with Gasteiger partial charge < -0.3 is 5.32 Å². The van der Waals surface area contributed by atoms with Gasteiger partial charge in [0.15, 0.2) is 0 Å². The van der Waals surface area contributed by atoms with E-state index in [4.69, 9.17) is 5.26 Å². The van der Waals surface area contributed by atoms with Gasteiger partial charge in [-0.1, -0.05) is 0 Å². The molecule has 1 aromatic heterocycles. The van der Waals surface area contributed by atoms with Crippen molar-refractivity contribution in [3.63, 3.8) is 0 Å². The Bertz CT molecular complexity index is 400. The van der Waals surface area contributed by atoms with Gasteiger partial charge in [-0.25, -0.2) is 4.98 Å². The Morgan fingerprint density at radius 3 is 2.79 bits per heavy atom. The molecule has 72 valence electrons. The number of rotatable bonds is 2. The predicted octanol–water partition coefficient (Wildman–Crippen LogP) is 2.14. The van der Waals surface area contributed by atoms with Crippen LogP contribution in [0.1, 0.15) is 29.7 Å². The lowest BCUT2D eigenvalue weighted by atomic mass is 10.1. The molecule has 1 fully saturated rings. The molecule has 1 aromatic rings. The van der Waals surface area contributed by atoms with Crippen molar-refractivity contribution >= 4 is 5.82 Å². The maximum atomic E-state index is 8.99. The van der Waals surface area contributed by atoms with Crippen LogP contribution in [-0.2, 0) is 0 Å². The lowest BCUT2D eigenvalue weighted by Gasteiger charge is -2.08. The molecule has 1 heterocycles. The number of aryl methyl sites for hydroxylation is 2. The maximum Gasteiger partial charge on any atom is 0.144 e. The number of hydrogen-bond donors (Lipinski definition) is 1. The van der Waals surface area contributed by atoms with Crippen molar-refractivity contribution in [1.82, 2.24) is 4.98 Å². The van der Waals surface area contributed by atoms with Gasteiger partial charge in [0.05, 0.1) is 5.56 Å². The third-order valence-corrected chi connectivity index (χ3v) is 2.37. The molecule has 1 N–H and O–H groups in total. The molecule has 3 nitrogen and oxygen atoms in total. The van der Waals surface area contributed by atoms with Crippen LogP contribution < -0.4 is 5.32 Å². The van der Waals surface area contributed by atoms with Gasteiger partial charge in [-0.05, 0) is 38.3 Å². The van der Waals surface area contributed by atoms with Gasteiger partial charge in [0.2, 0.25) is 0 Å². The summed E-state index contributed by atoms with van der Waals surface area (Å²) in [4.78, 5) is 4.35. The highest BCUT2D eigenvalue weighted by Gasteiger charge is 2.23. The van der Waals surface area contributed by atoms with E-state index in [2.05, 4.69) is 16.4 Å². The third-order valence-electron chi connectivity index (χ3n) is 2.37. The van der Waals surface area contributed by atoms with Gasteiger partial charge in [-0.2, -0.15) is 5.26 Å². The van der Waals surface area contributed by atoms with Crippen LogP contribution in [0.15, 0.2) is 6.07 Å². The zero-order valence-corrected chi connectivity index (χ0v) is 8.46. The van der Waals surface area contributed by atoms with E-state index in [-0.39, 0.29) is 0 Å². The third kappa shape index (κ3) is 1.69. The van der Waals surface area contributed by atoms with Crippen LogP contribution in [0.5, 0.6) is 0 Å². The molecule has 0 spiro atoms. The van der Waals surface area contributed by atoms with Gasteiger partial charge >= 0.3 is 0 Å². The highest BCUT2D eigenvalue weighted by Crippen LogP contribution is 2.26. The van der Waals surface area contributed by atoms with Crippen molar-refractivity contribution in [2.24, 2.45) is 0 Å². The van der Waals surface area contributed by atoms with Gasteiger partial charge in [0.1, 0.15) is 11.9 Å². The maximum absolute atomic E-state index is 8.99. The van der Waals surface area contributed by atoms with E-state index in [1.807, 2.05) is 19.9 Å². The number of nitrogens with zero attached hydrogens (tertiary/aromatic N) is 2. The van der Waals surface area contributed by atoms with Crippen molar-refractivity contribution in [2.75, 3.05) is 5.32 Å². The minimum absolute atomic E-state index is 0.538. The minimum Gasteiger partial charge on any atom is -0.366 e. The summed E-state index contributed by atoms with van der Waals surface area (Å²) in [5, 5.41) is 12.3. The zero-order valence-electron chi connectivity index (χ0n) is 8.46. The summed E-state index contributed by atoms with van der Waals surface area (Å²) in [6.07, 6.45) is 2.39. The lowest BCUT2D eigenvalue weighted by Crippen LogP contribution is -2.07. The Hall–Kier alpha value is -1.56.